The molecule has 98 valence electrons. The summed E-state index contributed by atoms with van der Waals surface area (Å²) < 4.78 is 16.1. The van der Waals surface area contributed by atoms with E-state index in [4.69, 9.17) is 19.9 Å². The molecule has 4 nitrogen and oxygen atoms in total. The van der Waals surface area contributed by atoms with Crippen molar-refractivity contribution in [3.63, 3.8) is 0 Å². The molecule has 0 fully saturated rings. The minimum atomic E-state index is -0.658. The van der Waals surface area contributed by atoms with Crippen molar-refractivity contribution in [3.05, 3.63) is 38.0 Å². The van der Waals surface area contributed by atoms with Crippen LogP contribution < -0.4 is 5.73 Å². The topological polar surface area (TPSA) is 53.7 Å². The van der Waals surface area contributed by atoms with Crippen molar-refractivity contribution < 1.29 is 14.2 Å². The van der Waals surface area contributed by atoms with E-state index in [0.29, 0.717) is 39.6 Å². The third kappa shape index (κ3) is 8.83. The highest BCUT2D eigenvalue weighted by Crippen LogP contribution is 2.04. The first-order chi connectivity index (χ1) is 8.18. The molecule has 0 atom stereocenters. The molecule has 0 aliphatic carbocycles. The van der Waals surface area contributed by atoms with Crippen LogP contribution in [0.4, 0.5) is 0 Å². The van der Waals surface area contributed by atoms with Gasteiger partial charge in [0.15, 0.2) is 0 Å². The first-order valence-electron chi connectivity index (χ1n) is 5.53. The van der Waals surface area contributed by atoms with E-state index < -0.39 is 5.54 Å². The zero-order chi connectivity index (χ0) is 13.0. The van der Waals surface area contributed by atoms with E-state index in [9.17, 15) is 0 Å². The highest BCUT2D eigenvalue weighted by molar-refractivity contribution is 4.85. The van der Waals surface area contributed by atoms with Gasteiger partial charge in [0.05, 0.1) is 45.2 Å². The lowest BCUT2D eigenvalue weighted by molar-refractivity contribution is -0.00684. The Kier molecular flexibility index (Phi) is 9.66. The van der Waals surface area contributed by atoms with Crippen LogP contribution in [0, 0.1) is 0 Å². The molecular weight excluding hydrogens is 218 g/mol. The van der Waals surface area contributed by atoms with Crippen LogP contribution in [0.15, 0.2) is 38.0 Å². The van der Waals surface area contributed by atoms with Crippen LogP contribution in [0.2, 0.25) is 0 Å². The van der Waals surface area contributed by atoms with Gasteiger partial charge in [-0.3, -0.25) is 0 Å². The predicted octanol–water partition coefficient (Wildman–Crippen LogP) is 1.29. The van der Waals surface area contributed by atoms with Crippen LogP contribution in [-0.2, 0) is 14.2 Å². The third-order valence-corrected chi connectivity index (χ3v) is 1.88. The average Bonchev–Trinajstić information content (AvgIpc) is 2.30. The molecular formula is C13H23NO3. The Morgan fingerprint density at radius 2 is 1.06 bits per heavy atom. The molecule has 0 rings (SSSR count). The van der Waals surface area contributed by atoms with Gasteiger partial charge < -0.3 is 19.9 Å². The number of hydrogen-bond donors (Lipinski definition) is 1. The molecule has 0 amide bonds. The smallest absolute Gasteiger partial charge is 0.0865 e. The fraction of sp³-hybridized carbons (Fsp3) is 0.538. The summed E-state index contributed by atoms with van der Waals surface area (Å²) in [5.74, 6) is 0. The molecule has 0 aromatic heterocycles. The second kappa shape index (κ2) is 10.2. The molecule has 0 bridgehead atoms. The van der Waals surface area contributed by atoms with E-state index in [-0.39, 0.29) is 0 Å². The van der Waals surface area contributed by atoms with Gasteiger partial charge >= 0.3 is 0 Å². The zero-order valence-electron chi connectivity index (χ0n) is 10.4. The van der Waals surface area contributed by atoms with Crippen molar-refractivity contribution in [2.45, 2.75) is 5.54 Å². The molecule has 0 radical (unpaired) electrons. The Bertz CT molecular complexity index is 193. The summed E-state index contributed by atoms with van der Waals surface area (Å²) >= 11 is 0. The van der Waals surface area contributed by atoms with Crippen molar-refractivity contribution in [1.29, 1.82) is 0 Å². The minimum Gasteiger partial charge on any atom is -0.375 e. The van der Waals surface area contributed by atoms with Gasteiger partial charge in [-0.2, -0.15) is 0 Å². The molecule has 0 aliphatic heterocycles. The van der Waals surface area contributed by atoms with Gasteiger partial charge in [0.1, 0.15) is 0 Å². The SMILES string of the molecule is C=CCOCC(N)(COCC=C)COCC=C. The lowest BCUT2D eigenvalue weighted by Gasteiger charge is -2.28. The molecule has 0 aromatic rings. The van der Waals surface area contributed by atoms with Crippen LogP contribution in [0.5, 0.6) is 0 Å². The van der Waals surface area contributed by atoms with E-state index in [1.165, 1.54) is 0 Å². The Morgan fingerprint density at radius 1 is 0.765 bits per heavy atom. The highest BCUT2D eigenvalue weighted by atomic mass is 16.5. The maximum absolute atomic E-state index is 6.14. The highest BCUT2D eigenvalue weighted by Gasteiger charge is 2.26. The fourth-order valence-electron chi connectivity index (χ4n) is 1.16. The zero-order valence-corrected chi connectivity index (χ0v) is 10.4. The largest absolute Gasteiger partial charge is 0.375 e. The number of ether oxygens (including phenoxy) is 3. The summed E-state index contributed by atoms with van der Waals surface area (Å²) in [4.78, 5) is 0. The summed E-state index contributed by atoms with van der Waals surface area (Å²) in [7, 11) is 0. The van der Waals surface area contributed by atoms with Gasteiger partial charge in [-0.05, 0) is 0 Å². The molecule has 4 heteroatoms. The molecule has 17 heavy (non-hydrogen) atoms. The number of rotatable bonds is 12. The molecule has 0 spiro atoms. The van der Waals surface area contributed by atoms with Gasteiger partial charge in [0.25, 0.3) is 0 Å². The van der Waals surface area contributed by atoms with Crippen LogP contribution in [0.25, 0.3) is 0 Å². The van der Waals surface area contributed by atoms with Crippen LogP contribution in [0.3, 0.4) is 0 Å². The van der Waals surface area contributed by atoms with Crippen LogP contribution in [-0.4, -0.2) is 45.2 Å². The molecule has 0 aromatic carbocycles. The molecule has 0 saturated carbocycles. The molecule has 0 saturated heterocycles. The first-order valence-corrected chi connectivity index (χ1v) is 5.53. The van der Waals surface area contributed by atoms with Gasteiger partial charge in [-0.15, -0.1) is 19.7 Å². The van der Waals surface area contributed by atoms with Crippen molar-refractivity contribution in [1.82, 2.24) is 0 Å². The predicted molar refractivity (Wildman–Crippen MR) is 70.0 cm³/mol. The van der Waals surface area contributed by atoms with Gasteiger partial charge in [-0.25, -0.2) is 0 Å². The summed E-state index contributed by atoms with van der Waals surface area (Å²) in [5.41, 5.74) is 5.48. The van der Waals surface area contributed by atoms with Gasteiger partial charge in [-0.1, -0.05) is 18.2 Å². The van der Waals surface area contributed by atoms with E-state index in [1.54, 1.807) is 18.2 Å². The Morgan fingerprint density at radius 3 is 1.29 bits per heavy atom. The summed E-state index contributed by atoms with van der Waals surface area (Å²) in [5, 5.41) is 0. The normalized spacial score (nSPS) is 11.1. The maximum atomic E-state index is 6.14. The van der Waals surface area contributed by atoms with E-state index in [0.717, 1.165) is 0 Å². The second-order valence-electron chi connectivity index (χ2n) is 3.77. The van der Waals surface area contributed by atoms with Crippen LogP contribution in [0.1, 0.15) is 0 Å². The van der Waals surface area contributed by atoms with Crippen LogP contribution >= 0.6 is 0 Å². The monoisotopic (exact) mass is 241 g/mol. The standard InChI is InChI=1S/C13H23NO3/c1-4-7-15-10-13(14,11-16-8-5-2)12-17-9-6-3/h4-6H,1-3,7-12,14H2. The quantitative estimate of drug-likeness (QED) is 0.413. The fourth-order valence-corrected chi connectivity index (χ4v) is 1.16. The average molecular weight is 241 g/mol. The van der Waals surface area contributed by atoms with Gasteiger partial charge in [0, 0.05) is 0 Å². The Balaban J connectivity index is 4.07. The summed E-state index contributed by atoms with van der Waals surface area (Å²) in [6.07, 6.45) is 5.03. The number of hydrogen-bond acceptors (Lipinski definition) is 4. The van der Waals surface area contributed by atoms with E-state index in [1.807, 2.05) is 0 Å². The van der Waals surface area contributed by atoms with Crippen molar-refractivity contribution in [2.24, 2.45) is 5.73 Å². The Hall–Kier alpha value is -0.940. The molecule has 0 heterocycles. The van der Waals surface area contributed by atoms with E-state index in [2.05, 4.69) is 19.7 Å². The molecule has 0 unspecified atom stereocenters. The molecule has 0 aliphatic rings. The Labute approximate surface area is 104 Å². The maximum Gasteiger partial charge on any atom is 0.0865 e. The lowest BCUT2D eigenvalue weighted by atomic mass is 10.1. The first kappa shape index (κ1) is 16.1. The van der Waals surface area contributed by atoms with Gasteiger partial charge in [0.2, 0.25) is 0 Å². The second-order valence-corrected chi connectivity index (χ2v) is 3.77. The van der Waals surface area contributed by atoms with Crippen molar-refractivity contribution in [2.75, 3.05) is 39.6 Å². The molecule has 2 N–H and O–H groups in total. The third-order valence-electron chi connectivity index (χ3n) is 1.88. The van der Waals surface area contributed by atoms with Crippen molar-refractivity contribution in [3.8, 4) is 0 Å². The number of nitrogens with two attached hydrogens (primary N) is 1. The minimum absolute atomic E-state index is 0.354. The van der Waals surface area contributed by atoms with E-state index >= 15 is 0 Å². The van der Waals surface area contributed by atoms with Crippen molar-refractivity contribution >= 4 is 0 Å². The summed E-state index contributed by atoms with van der Waals surface area (Å²) in [6.45, 7) is 13.2. The summed E-state index contributed by atoms with van der Waals surface area (Å²) in [6, 6.07) is 0. The lowest BCUT2D eigenvalue weighted by Crippen LogP contribution is -2.53.